The first-order valence-corrected chi connectivity index (χ1v) is 9.94. The molecule has 1 aliphatic carbocycles. The van der Waals surface area contributed by atoms with Gasteiger partial charge in [0.25, 0.3) is 5.91 Å². The van der Waals surface area contributed by atoms with Gasteiger partial charge in [0.1, 0.15) is 6.54 Å². The van der Waals surface area contributed by atoms with Crippen molar-refractivity contribution in [1.82, 2.24) is 9.80 Å². The van der Waals surface area contributed by atoms with Crippen LogP contribution in [0.3, 0.4) is 0 Å². The maximum atomic E-state index is 12.4. The third-order valence-corrected chi connectivity index (χ3v) is 5.54. The highest BCUT2D eigenvalue weighted by Crippen LogP contribution is 2.34. The van der Waals surface area contributed by atoms with Crippen LogP contribution in [0.5, 0.6) is 0 Å². The molecule has 1 saturated heterocycles. The fourth-order valence-corrected chi connectivity index (χ4v) is 3.71. The number of esters is 1. The van der Waals surface area contributed by atoms with Gasteiger partial charge in [-0.1, -0.05) is 24.3 Å². The lowest BCUT2D eigenvalue weighted by Crippen LogP contribution is -2.38. The quantitative estimate of drug-likeness (QED) is 0.379. The van der Waals surface area contributed by atoms with E-state index in [0.717, 1.165) is 16.2 Å². The van der Waals surface area contributed by atoms with E-state index in [4.69, 9.17) is 4.74 Å². The first-order valence-electron chi connectivity index (χ1n) is 9.94. The highest BCUT2D eigenvalue weighted by Gasteiger charge is 2.47. The van der Waals surface area contributed by atoms with Gasteiger partial charge < -0.3 is 14.5 Å². The number of hydrogen-bond donors (Lipinski definition) is 0. The molecule has 2 atom stereocenters. The van der Waals surface area contributed by atoms with E-state index in [1.165, 1.54) is 4.90 Å². The van der Waals surface area contributed by atoms with Crippen LogP contribution in [0.4, 0.5) is 5.69 Å². The number of carbonyl (C=O) groups excluding carboxylic acids is 4. The predicted octanol–water partition coefficient (Wildman–Crippen LogP) is 1.21. The molecule has 0 saturated carbocycles. The summed E-state index contributed by atoms with van der Waals surface area (Å²) in [4.78, 5) is 53.6. The minimum Gasteiger partial charge on any atom is -0.454 e. The summed E-state index contributed by atoms with van der Waals surface area (Å²) in [5.41, 5.74) is 2.01. The van der Waals surface area contributed by atoms with Crippen molar-refractivity contribution in [3.8, 4) is 0 Å². The number of carbonyl (C=O) groups is 4. The molecule has 0 N–H and O–H groups in total. The number of ether oxygens (including phenoxy) is 1. The molecule has 3 rings (SSSR count). The van der Waals surface area contributed by atoms with E-state index in [1.807, 2.05) is 55.4 Å². The molecule has 0 aromatic heterocycles. The lowest BCUT2D eigenvalue weighted by Gasteiger charge is -2.19. The minimum atomic E-state index is -0.764. The zero-order valence-corrected chi connectivity index (χ0v) is 17.5. The highest BCUT2D eigenvalue weighted by molar-refractivity contribution is 6.07. The number of hydrogen-bond acceptors (Lipinski definition) is 6. The molecule has 0 unspecified atom stereocenters. The second-order valence-electron chi connectivity index (χ2n) is 7.89. The van der Waals surface area contributed by atoms with Gasteiger partial charge in [-0.05, 0) is 30.5 Å². The van der Waals surface area contributed by atoms with E-state index in [1.54, 1.807) is 7.05 Å². The van der Waals surface area contributed by atoms with Gasteiger partial charge in [0.05, 0.1) is 11.8 Å². The molecular formula is C22H27N3O5. The maximum absolute atomic E-state index is 12.4. The number of benzene rings is 1. The standard InChI is InChI=1S/C22H27N3O5/c1-23(2)16-10-8-15(9-11-16)12-24(3)19(26)14-30-20(27)13-25-21(28)17-6-4-5-7-18(17)22(25)29/h4-5,8-11,17-18H,6-7,12-14H2,1-3H3/t17-,18-/m0/s1. The number of anilines is 1. The molecule has 1 aromatic carbocycles. The third-order valence-electron chi connectivity index (χ3n) is 5.54. The van der Waals surface area contributed by atoms with E-state index < -0.39 is 19.1 Å². The Balaban J connectivity index is 1.46. The Morgan fingerprint density at radius 3 is 2.10 bits per heavy atom. The van der Waals surface area contributed by atoms with Crippen LogP contribution in [0.2, 0.25) is 0 Å². The first kappa shape index (κ1) is 21.5. The van der Waals surface area contributed by atoms with Crippen molar-refractivity contribution in [3.63, 3.8) is 0 Å². The van der Waals surface area contributed by atoms with E-state index in [0.29, 0.717) is 19.4 Å². The zero-order chi connectivity index (χ0) is 21.8. The first-order chi connectivity index (χ1) is 14.3. The summed E-state index contributed by atoms with van der Waals surface area (Å²) < 4.78 is 5.03. The molecule has 8 nitrogen and oxygen atoms in total. The average molecular weight is 413 g/mol. The van der Waals surface area contributed by atoms with E-state index in [2.05, 4.69) is 0 Å². The predicted molar refractivity (Wildman–Crippen MR) is 110 cm³/mol. The Morgan fingerprint density at radius 1 is 1.00 bits per heavy atom. The van der Waals surface area contributed by atoms with Crippen LogP contribution in [-0.2, 0) is 30.5 Å². The SMILES string of the molecule is CN(Cc1ccc(N(C)C)cc1)C(=O)COC(=O)CN1C(=O)[C@H]2CC=CC[C@@H]2C1=O. The van der Waals surface area contributed by atoms with Crippen LogP contribution < -0.4 is 4.90 Å². The van der Waals surface area contributed by atoms with E-state index in [-0.39, 0.29) is 29.6 Å². The summed E-state index contributed by atoms with van der Waals surface area (Å²) in [5.74, 6) is -2.58. The fourth-order valence-electron chi connectivity index (χ4n) is 3.71. The van der Waals surface area contributed by atoms with Crippen LogP contribution in [0.15, 0.2) is 36.4 Å². The molecule has 8 heteroatoms. The van der Waals surface area contributed by atoms with E-state index >= 15 is 0 Å². The average Bonchev–Trinajstić information content (AvgIpc) is 2.97. The summed E-state index contributed by atoms with van der Waals surface area (Å²) in [6.45, 7) is -0.507. The van der Waals surface area contributed by atoms with Gasteiger partial charge in [0, 0.05) is 33.4 Å². The summed E-state index contributed by atoms with van der Waals surface area (Å²) in [5, 5.41) is 0. The van der Waals surface area contributed by atoms with E-state index in [9.17, 15) is 19.2 Å². The zero-order valence-electron chi connectivity index (χ0n) is 17.5. The molecule has 1 fully saturated rings. The molecule has 0 bridgehead atoms. The largest absolute Gasteiger partial charge is 0.454 e. The van der Waals surface area contributed by atoms with Crippen molar-refractivity contribution in [2.75, 3.05) is 39.2 Å². The van der Waals surface area contributed by atoms with Crippen molar-refractivity contribution in [2.24, 2.45) is 11.8 Å². The van der Waals surface area contributed by atoms with Gasteiger partial charge in [0.15, 0.2) is 6.61 Å². The molecule has 30 heavy (non-hydrogen) atoms. The molecule has 160 valence electrons. The normalized spacial score (nSPS) is 20.2. The summed E-state index contributed by atoms with van der Waals surface area (Å²) in [6.07, 6.45) is 4.80. The van der Waals surface area contributed by atoms with Gasteiger partial charge in [-0.25, -0.2) is 0 Å². The van der Waals surface area contributed by atoms with Crippen LogP contribution in [-0.4, -0.2) is 67.8 Å². The second-order valence-corrected chi connectivity index (χ2v) is 7.89. The number of allylic oxidation sites excluding steroid dienone is 2. The number of rotatable bonds is 7. The highest BCUT2D eigenvalue weighted by atomic mass is 16.5. The van der Waals surface area contributed by atoms with Gasteiger partial charge >= 0.3 is 5.97 Å². The van der Waals surface area contributed by atoms with Crippen molar-refractivity contribution in [3.05, 3.63) is 42.0 Å². The van der Waals surface area contributed by atoms with Gasteiger partial charge in [0.2, 0.25) is 11.8 Å². The minimum absolute atomic E-state index is 0.337. The monoisotopic (exact) mass is 413 g/mol. The molecular weight excluding hydrogens is 386 g/mol. The molecule has 0 spiro atoms. The molecule has 3 amide bonds. The maximum Gasteiger partial charge on any atom is 0.326 e. The van der Waals surface area contributed by atoms with Gasteiger partial charge in [-0.3, -0.25) is 24.1 Å². The van der Waals surface area contributed by atoms with Crippen molar-refractivity contribution in [1.29, 1.82) is 0 Å². The van der Waals surface area contributed by atoms with Crippen molar-refractivity contribution in [2.45, 2.75) is 19.4 Å². The lowest BCUT2D eigenvalue weighted by molar-refractivity contribution is -0.156. The number of imide groups is 1. The molecule has 1 aromatic rings. The summed E-state index contributed by atoms with van der Waals surface area (Å²) in [7, 11) is 5.53. The Hall–Kier alpha value is -3.16. The van der Waals surface area contributed by atoms with Crippen LogP contribution in [0.1, 0.15) is 18.4 Å². The Kier molecular flexibility index (Phi) is 6.54. The number of fused-ring (bicyclic) bond motifs is 1. The Bertz CT molecular complexity index is 836. The van der Waals surface area contributed by atoms with Crippen LogP contribution in [0.25, 0.3) is 0 Å². The van der Waals surface area contributed by atoms with Crippen LogP contribution in [0, 0.1) is 11.8 Å². The number of likely N-dealkylation sites (tertiary alicyclic amines) is 1. The fraction of sp³-hybridized carbons (Fsp3) is 0.455. The molecule has 1 aliphatic heterocycles. The Morgan fingerprint density at radius 2 is 1.57 bits per heavy atom. The van der Waals surface area contributed by atoms with Crippen molar-refractivity contribution < 1.29 is 23.9 Å². The summed E-state index contributed by atoms with van der Waals surface area (Å²) >= 11 is 0. The third kappa shape index (κ3) is 4.69. The number of nitrogens with zero attached hydrogens (tertiary/aromatic N) is 3. The smallest absolute Gasteiger partial charge is 0.326 e. The van der Waals surface area contributed by atoms with Gasteiger partial charge in [-0.15, -0.1) is 0 Å². The molecule has 2 aliphatic rings. The number of amides is 3. The molecule has 0 radical (unpaired) electrons. The lowest BCUT2D eigenvalue weighted by atomic mass is 9.85. The van der Waals surface area contributed by atoms with Gasteiger partial charge in [-0.2, -0.15) is 0 Å². The van der Waals surface area contributed by atoms with Crippen LogP contribution >= 0.6 is 0 Å². The van der Waals surface area contributed by atoms with Crippen molar-refractivity contribution >= 4 is 29.4 Å². The summed E-state index contributed by atoms with van der Waals surface area (Å²) in [6, 6.07) is 7.80. The number of likely N-dealkylation sites (N-methyl/N-ethyl adjacent to an activating group) is 1. The second kappa shape index (κ2) is 9.11. The topological polar surface area (TPSA) is 87.2 Å². The molecule has 1 heterocycles. The Labute approximate surface area is 176 Å².